The Morgan fingerprint density at radius 2 is 2.00 bits per heavy atom. The molecule has 0 bridgehead atoms. The maximum atomic E-state index is 14.1. The van der Waals surface area contributed by atoms with Crippen molar-refractivity contribution in [2.75, 3.05) is 27.2 Å². The number of hydrogen-bond acceptors (Lipinski definition) is 2. The fourth-order valence-corrected chi connectivity index (χ4v) is 2.26. The van der Waals surface area contributed by atoms with Crippen molar-refractivity contribution in [3.8, 4) is 0 Å². The van der Waals surface area contributed by atoms with Gasteiger partial charge in [0.2, 0.25) is 0 Å². The van der Waals surface area contributed by atoms with Crippen molar-refractivity contribution in [3.63, 3.8) is 0 Å². The monoisotopic (exact) mass is 334 g/mol. The predicted octanol–water partition coefficient (Wildman–Crippen LogP) is 3.72. The number of rotatable bonds is 7. The molecule has 0 saturated carbocycles. The van der Waals surface area contributed by atoms with E-state index in [4.69, 9.17) is 0 Å². The Balaban J connectivity index is 2.98. The molecule has 1 N–H and O–H groups in total. The van der Waals surface area contributed by atoms with Crippen LogP contribution < -0.4 is 5.32 Å². The molecule has 5 heteroatoms. The largest absolute Gasteiger partial charge is 0.310 e. The lowest BCUT2D eigenvalue weighted by Crippen LogP contribution is -2.28. The van der Waals surface area contributed by atoms with Crippen LogP contribution in [0.3, 0.4) is 0 Å². The van der Waals surface area contributed by atoms with Crippen molar-refractivity contribution in [3.05, 3.63) is 33.8 Å². The van der Waals surface area contributed by atoms with Crippen molar-refractivity contribution in [2.45, 2.75) is 25.8 Å². The zero-order valence-electron chi connectivity index (χ0n) is 11.6. The van der Waals surface area contributed by atoms with E-state index in [1.165, 1.54) is 12.1 Å². The average Bonchev–Trinajstić information content (AvgIpc) is 2.36. The van der Waals surface area contributed by atoms with Crippen LogP contribution in [-0.4, -0.2) is 32.1 Å². The van der Waals surface area contributed by atoms with E-state index in [0.29, 0.717) is 10.9 Å². The standard InChI is InChI=1S/C14H21BrF2N2/c1-4-8-18-12(7-9-19(2)3)13-11(16)6-5-10(15)14(13)17/h5-6,12,18H,4,7-9H2,1-3H3. The Morgan fingerprint density at radius 3 is 2.58 bits per heavy atom. The highest BCUT2D eigenvalue weighted by molar-refractivity contribution is 9.10. The van der Waals surface area contributed by atoms with Gasteiger partial charge in [-0.3, -0.25) is 0 Å². The van der Waals surface area contributed by atoms with E-state index in [2.05, 4.69) is 21.2 Å². The third-order valence-electron chi connectivity index (χ3n) is 2.93. The smallest absolute Gasteiger partial charge is 0.145 e. The summed E-state index contributed by atoms with van der Waals surface area (Å²) >= 11 is 3.12. The van der Waals surface area contributed by atoms with Crippen LogP contribution in [-0.2, 0) is 0 Å². The fourth-order valence-electron chi connectivity index (χ4n) is 1.92. The lowest BCUT2D eigenvalue weighted by molar-refractivity contribution is 0.350. The van der Waals surface area contributed by atoms with E-state index in [-0.39, 0.29) is 11.6 Å². The fraction of sp³-hybridized carbons (Fsp3) is 0.571. The molecule has 0 spiro atoms. The van der Waals surface area contributed by atoms with E-state index >= 15 is 0 Å². The van der Waals surface area contributed by atoms with E-state index in [0.717, 1.165) is 19.5 Å². The minimum absolute atomic E-state index is 0.129. The van der Waals surface area contributed by atoms with Crippen molar-refractivity contribution >= 4 is 15.9 Å². The molecular formula is C14H21BrF2N2. The van der Waals surface area contributed by atoms with Crippen LogP contribution in [0.5, 0.6) is 0 Å². The van der Waals surface area contributed by atoms with Crippen LogP contribution in [0.15, 0.2) is 16.6 Å². The first-order valence-electron chi connectivity index (χ1n) is 6.48. The van der Waals surface area contributed by atoms with Crippen LogP contribution in [0, 0.1) is 11.6 Å². The average molecular weight is 335 g/mol. The van der Waals surface area contributed by atoms with Crippen LogP contribution in [0.4, 0.5) is 8.78 Å². The molecule has 1 unspecified atom stereocenters. The summed E-state index contributed by atoms with van der Waals surface area (Å²) in [6.07, 6.45) is 1.59. The van der Waals surface area contributed by atoms with Gasteiger partial charge in [-0.1, -0.05) is 6.92 Å². The van der Waals surface area contributed by atoms with Crippen molar-refractivity contribution in [2.24, 2.45) is 0 Å². The minimum atomic E-state index is -0.507. The summed E-state index contributed by atoms with van der Waals surface area (Å²) in [5.74, 6) is -1.000. The zero-order valence-corrected chi connectivity index (χ0v) is 13.2. The van der Waals surface area contributed by atoms with Crippen molar-refractivity contribution in [1.82, 2.24) is 10.2 Å². The van der Waals surface area contributed by atoms with Gasteiger partial charge in [-0.05, 0) is 68.1 Å². The maximum absolute atomic E-state index is 14.1. The molecule has 0 aliphatic carbocycles. The van der Waals surface area contributed by atoms with Gasteiger partial charge in [0.15, 0.2) is 0 Å². The van der Waals surface area contributed by atoms with E-state index in [1.54, 1.807) is 0 Å². The molecule has 1 atom stereocenters. The molecular weight excluding hydrogens is 314 g/mol. The van der Waals surface area contributed by atoms with Gasteiger partial charge in [-0.25, -0.2) is 8.78 Å². The lowest BCUT2D eigenvalue weighted by Gasteiger charge is -2.22. The Labute approximate surface area is 122 Å². The number of benzene rings is 1. The second-order valence-corrected chi connectivity index (χ2v) is 5.71. The molecule has 0 aliphatic heterocycles. The maximum Gasteiger partial charge on any atom is 0.145 e. The first kappa shape index (κ1) is 16.5. The third-order valence-corrected chi connectivity index (χ3v) is 3.55. The number of nitrogens with one attached hydrogen (secondary N) is 1. The quantitative estimate of drug-likeness (QED) is 0.764. The van der Waals surface area contributed by atoms with Gasteiger partial charge in [0.1, 0.15) is 11.6 Å². The van der Waals surface area contributed by atoms with Gasteiger partial charge in [-0.15, -0.1) is 0 Å². The molecule has 1 rings (SSSR count). The minimum Gasteiger partial charge on any atom is -0.310 e. The number of halogens is 3. The highest BCUT2D eigenvalue weighted by Crippen LogP contribution is 2.28. The van der Waals surface area contributed by atoms with Crippen LogP contribution >= 0.6 is 15.9 Å². The van der Waals surface area contributed by atoms with Crippen LogP contribution in [0.25, 0.3) is 0 Å². The summed E-state index contributed by atoms with van der Waals surface area (Å²) in [7, 11) is 3.90. The molecule has 108 valence electrons. The molecule has 0 aliphatic rings. The Morgan fingerprint density at radius 1 is 1.32 bits per heavy atom. The molecule has 0 heterocycles. The van der Waals surface area contributed by atoms with Gasteiger partial charge in [0.05, 0.1) is 4.47 Å². The van der Waals surface area contributed by atoms with Gasteiger partial charge >= 0.3 is 0 Å². The highest BCUT2D eigenvalue weighted by Gasteiger charge is 2.21. The summed E-state index contributed by atoms with van der Waals surface area (Å²) in [4.78, 5) is 2.01. The topological polar surface area (TPSA) is 15.3 Å². The van der Waals surface area contributed by atoms with Gasteiger partial charge < -0.3 is 10.2 Å². The number of nitrogens with zero attached hydrogens (tertiary/aromatic N) is 1. The molecule has 2 nitrogen and oxygen atoms in total. The second kappa shape index (κ2) is 7.92. The Kier molecular flexibility index (Phi) is 6.89. The molecule has 0 fully saturated rings. The van der Waals surface area contributed by atoms with E-state index in [1.807, 2.05) is 25.9 Å². The summed E-state index contributed by atoms with van der Waals surface area (Å²) in [6, 6.07) is 2.40. The first-order valence-corrected chi connectivity index (χ1v) is 7.28. The number of hydrogen-bond donors (Lipinski definition) is 1. The highest BCUT2D eigenvalue weighted by atomic mass is 79.9. The first-order chi connectivity index (χ1) is 8.97. The third kappa shape index (κ3) is 4.82. The Bertz CT molecular complexity index is 411. The molecule has 1 aromatic carbocycles. The van der Waals surface area contributed by atoms with Crippen molar-refractivity contribution in [1.29, 1.82) is 0 Å². The normalized spacial score (nSPS) is 13.0. The SMILES string of the molecule is CCCNC(CCN(C)C)c1c(F)ccc(Br)c1F. The molecule has 19 heavy (non-hydrogen) atoms. The van der Waals surface area contributed by atoms with Crippen LogP contribution in [0.2, 0.25) is 0 Å². The summed E-state index contributed by atoms with van der Waals surface area (Å²) in [5, 5.41) is 3.22. The molecule has 0 amide bonds. The lowest BCUT2D eigenvalue weighted by atomic mass is 10.0. The predicted molar refractivity (Wildman–Crippen MR) is 78.3 cm³/mol. The van der Waals surface area contributed by atoms with Gasteiger partial charge in [0, 0.05) is 11.6 Å². The summed E-state index contributed by atoms with van der Waals surface area (Å²) < 4.78 is 28.3. The van der Waals surface area contributed by atoms with E-state index in [9.17, 15) is 8.78 Å². The second-order valence-electron chi connectivity index (χ2n) is 4.86. The molecule has 0 saturated heterocycles. The zero-order chi connectivity index (χ0) is 14.4. The van der Waals surface area contributed by atoms with Crippen molar-refractivity contribution < 1.29 is 8.78 Å². The Hall–Kier alpha value is -0.520. The van der Waals surface area contributed by atoms with E-state index < -0.39 is 11.6 Å². The molecule has 0 radical (unpaired) electrons. The van der Waals surface area contributed by atoms with Gasteiger partial charge in [-0.2, -0.15) is 0 Å². The van der Waals surface area contributed by atoms with Gasteiger partial charge in [0.25, 0.3) is 0 Å². The summed E-state index contributed by atoms with van der Waals surface area (Å²) in [5.41, 5.74) is 0.129. The molecule has 0 aromatic heterocycles. The molecule has 1 aromatic rings. The summed E-state index contributed by atoms with van der Waals surface area (Å²) in [6.45, 7) is 3.54. The van der Waals surface area contributed by atoms with Crippen LogP contribution in [0.1, 0.15) is 31.4 Å².